The SMILES string of the molecule is Cc1ccnc(-n2ccnc2CCN)c1[N+](=O)[O-]. The molecule has 0 radical (unpaired) electrons. The quantitative estimate of drug-likeness (QED) is 0.641. The van der Waals surface area contributed by atoms with E-state index in [1.54, 1.807) is 36.1 Å². The molecule has 18 heavy (non-hydrogen) atoms. The van der Waals surface area contributed by atoms with E-state index >= 15 is 0 Å². The lowest BCUT2D eigenvalue weighted by atomic mass is 10.2. The molecule has 2 aromatic rings. The molecule has 0 aliphatic heterocycles. The number of aryl methyl sites for hydroxylation is 1. The molecule has 94 valence electrons. The zero-order chi connectivity index (χ0) is 13.1. The summed E-state index contributed by atoms with van der Waals surface area (Å²) in [5, 5.41) is 11.1. The summed E-state index contributed by atoms with van der Waals surface area (Å²) in [7, 11) is 0. The highest BCUT2D eigenvalue weighted by Crippen LogP contribution is 2.25. The van der Waals surface area contributed by atoms with Gasteiger partial charge in [-0.1, -0.05) is 0 Å². The summed E-state index contributed by atoms with van der Waals surface area (Å²) >= 11 is 0. The molecule has 2 aromatic heterocycles. The average Bonchev–Trinajstić information content (AvgIpc) is 2.76. The molecular formula is C11H13N5O2. The second-order valence-electron chi connectivity index (χ2n) is 3.81. The van der Waals surface area contributed by atoms with Gasteiger partial charge < -0.3 is 5.73 Å². The summed E-state index contributed by atoms with van der Waals surface area (Å²) in [6, 6.07) is 1.61. The number of rotatable bonds is 4. The molecule has 0 atom stereocenters. The van der Waals surface area contributed by atoms with Crippen molar-refractivity contribution in [2.24, 2.45) is 5.73 Å². The predicted octanol–water partition coefficient (Wildman–Crippen LogP) is 0.985. The first-order chi connectivity index (χ1) is 8.65. The van der Waals surface area contributed by atoms with Crippen LogP contribution in [0, 0.1) is 17.0 Å². The van der Waals surface area contributed by atoms with Gasteiger partial charge in [-0.05, 0) is 19.5 Å². The Bertz CT molecular complexity index is 579. The second kappa shape index (κ2) is 4.92. The maximum Gasteiger partial charge on any atom is 0.315 e. The normalized spacial score (nSPS) is 10.6. The summed E-state index contributed by atoms with van der Waals surface area (Å²) in [6.45, 7) is 2.11. The smallest absolute Gasteiger partial charge is 0.315 e. The van der Waals surface area contributed by atoms with Crippen molar-refractivity contribution in [2.45, 2.75) is 13.3 Å². The highest BCUT2D eigenvalue weighted by Gasteiger charge is 2.21. The van der Waals surface area contributed by atoms with Crippen molar-refractivity contribution in [2.75, 3.05) is 6.54 Å². The lowest BCUT2D eigenvalue weighted by Crippen LogP contribution is -2.11. The molecule has 2 rings (SSSR count). The van der Waals surface area contributed by atoms with Crippen molar-refractivity contribution in [1.29, 1.82) is 0 Å². The van der Waals surface area contributed by atoms with E-state index in [1.165, 1.54) is 0 Å². The third-order valence-electron chi connectivity index (χ3n) is 2.60. The van der Waals surface area contributed by atoms with Crippen LogP contribution in [0.5, 0.6) is 0 Å². The van der Waals surface area contributed by atoms with Crippen molar-refractivity contribution in [3.05, 3.63) is 46.2 Å². The van der Waals surface area contributed by atoms with E-state index in [0.29, 0.717) is 24.4 Å². The molecule has 2 heterocycles. The van der Waals surface area contributed by atoms with Crippen LogP contribution >= 0.6 is 0 Å². The number of nitro groups is 1. The van der Waals surface area contributed by atoms with Gasteiger partial charge >= 0.3 is 5.69 Å². The fraction of sp³-hybridized carbons (Fsp3) is 0.273. The van der Waals surface area contributed by atoms with Crippen LogP contribution in [0.1, 0.15) is 11.4 Å². The van der Waals surface area contributed by atoms with Crippen molar-refractivity contribution in [1.82, 2.24) is 14.5 Å². The maximum absolute atomic E-state index is 11.1. The molecule has 2 N–H and O–H groups in total. The number of nitrogens with two attached hydrogens (primary N) is 1. The van der Waals surface area contributed by atoms with Crippen molar-refractivity contribution < 1.29 is 4.92 Å². The van der Waals surface area contributed by atoms with Crippen LogP contribution in [0.3, 0.4) is 0 Å². The topological polar surface area (TPSA) is 99.9 Å². The van der Waals surface area contributed by atoms with E-state index in [4.69, 9.17) is 5.73 Å². The first-order valence-electron chi connectivity index (χ1n) is 5.47. The predicted molar refractivity (Wildman–Crippen MR) is 65.5 cm³/mol. The fourth-order valence-electron chi connectivity index (χ4n) is 1.78. The van der Waals surface area contributed by atoms with Gasteiger partial charge in [0.1, 0.15) is 5.82 Å². The molecule has 0 unspecified atom stereocenters. The van der Waals surface area contributed by atoms with Crippen LogP contribution in [-0.2, 0) is 6.42 Å². The van der Waals surface area contributed by atoms with Crippen molar-refractivity contribution in [3.8, 4) is 5.82 Å². The van der Waals surface area contributed by atoms with E-state index in [2.05, 4.69) is 9.97 Å². The van der Waals surface area contributed by atoms with Crippen LogP contribution in [0.2, 0.25) is 0 Å². The van der Waals surface area contributed by atoms with Crippen LogP contribution in [0.4, 0.5) is 5.69 Å². The van der Waals surface area contributed by atoms with E-state index < -0.39 is 4.92 Å². The Morgan fingerprint density at radius 1 is 1.44 bits per heavy atom. The van der Waals surface area contributed by atoms with E-state index in [1.807, 2.05) is 0 Å². The van der Waals surface area contributed by atoms with Crippen LogP contribution in [0.15, 0.2) is 24.7 Å². The third-order valence-corrected chi connectivity index (χ3v) is 2.60. The Hall–Kier alpha value is -2.28. The minimum absolute atomic E-state index is 0.00577. The van der Waals surface area contributed by atoms with Crippen LogP contribution in [-0.4, -0.2) is 26.0 Å². The number of hydrogen-bond acceptors (Lipinski definition) is 5. The molecule has 0 saturated carbocycles. The largest absolute Gasteiger partial charge is 0.330 e. The minimum atomic E-state index is -0.427. The van der Waals surface area contributed by atoms with Gasteiger partial charge in [0.2, 0.25) is 5.82 Å². The van der Waals surface area contributed by atoms with Gasteiger partial charge in [0, 0.05) is 30.6 Å². The van der Waals surface area contributed by atoms with Gasteiger partial charge in [-0.25, -0.2) is 9.97 Å². The van der Waals surface area contributed by atoms with Crippen molar-refractivity contribution >= 4 is 5.69 Å². The third kappa shape index (κ3) is 2.07. The summed E-state index contributed by atoms with van der Waals surface area (Å²) in [4.78, 5) is 18.9. The molecule has 0 bridgehead atoms. The van der Waals surface area contributed by atoms with E-state index in [-0.39, 0.29) is 11.5 Å². The van der Waals surface area contributed by atoms with Gasteiger partial charge in [-0.3, -0.25) is 14.7 Å². The first-order valence-corrected chi connectivity index (χ1v) is 5.47. The summed E-state index contributed by atoms with van der Waals surface area (Å²) in [6.07, 6.45) is 5.32. The molecule has 0 aromatic carbocycles. The Morgan fingerprint density at radius 3 is 2.89 bits per heavy atom. The first kappa shape index (κ1) is 12.2. The minimum Gasteiger partial charge on any atom is -0.330 e. The number of hydrogen-bond donors (Lipinski definition) is 1. The molecule has 0 fully saturated rings. The molecule has 0 saturated heterocycles. The zero-order valence-electron chi connectivity index (χ0n) is 9.91. The summed E-state index contributed by atoms with van der Waals surface area (Å²) < 4.78 is 1.61. The number of pyridine rings is 1. The molecule has 0 aliphatic rings. The number of imidazole rings is 1. The van der Waals surface area contributed by atoms with Gasteiger partial charge in [-0.15, -0.1) is 0 Å². The lowest BCUT2D eigenvalue weighted by molar-refractivity contribution is -0.385. The Labute approximate surface area is 103 Å². The van der Waals surface area contributed by atoms with Crippen molar-refractivity contribution in [3.63, 3.8) is 0 Å². The van der Waals surface area contributed by atoms with E-state index in [0.717, 1.165) is 0 Å². The maximum atomic E-state index is 11.1. The zero-order valence-corrected chi connectivity index (χ0v) is 9.91. The average molecular weight is 247 g/mol. The van der Waals surface area contributed by atoms with Gasteiger partial charge in [0.25, 0.3) is 0 Å². The van der Waals surface area contributed by atoms with Gasteiger partial charge in [0.15, 0.2) is 0 Å². The van der Waals surface area contributed by atoms with Gasteiger partial charge in [0.05, 0.1) is 4.92 Å². The molecule has 0 spiro atoms. The molecule has 0 aliphatic carbocycles. The summed E-state index contributed by atoms with van der Waals surface area (Å²) in [5.74, 6) is 0.944. The lowest BCUT2D eigenvalue weighted by Gasteiger charge is -2.07. The number of aromatic nitrogens is 3. The van der Waals surface area contributed by atoms with Crippen LogP contribution < -0.4 is 5.73 Å². The van der Waals surface area contributed by atoms with E-state index in [9.17, 15) is 10.1 Å². The summed E-state index contributed by atoms with van der Waals surface area (Å²) in [5.41, 5.74) is 6.05. The monoisotopic (exact) mass is 247 g/mol. The highest BCUT2D eigenvalue weighted by molar-refractivity contribution is 5.52. The number of nitrogens with zero attached hydrogens (tertiary/aromatic N) is 4. The van der Waals surface area contributed by atoms with Gasteiger partial charge in [-0.2, -0.15) is 0 Å². The molecule has 0 amide bonds. The molecule has 7 heteroatoms. The molecular weight excluding hydrogens is 234 g/mol. The Balaban J connectivity index is 2.60. The Kier molecular flexibility index (Phi) is 3.33. The fourth-order valence-corrected chi connectivity index (χ4v) is 1.78. The molecule has 7 nitrogen and oxygen atoms in total. The second-order valence-corrected chi connectivity index (χ2v) is 3.81. The standard InChI is InChI=1S/C11H13N5O2/c1-8-3-5-14-11(10(8)16(17)18)15-7-6-13-9(15)2-4-12/h3,5-7H,2,4,12H2,1H3. The Morgan fingerprint density at radius 2 is 2.22 bits per heavy atom. The highest BCUT2D eigenvalue weighted by atomic mass is 16.6. The van der Waals surface area contributed by atoms with Crippen LogP contribution in [0.25, 0.3) is 5.82 Å².